The van der Waals surface area contributed by atoms with Crippen molar-refractivity contribution in [3.8, 4) is 0 Å². The number of benzene rings is 1. The van der Waals surface area contributed by atoms with E-state index in [2.05, 4.69) is 27.9 Å². The summed E-state index contributed by atoms with van der Waals surface area (Å²) < 4.78 is 2.13. The molecule has 0 fully saturated rings. The van der Waals surface area contributed by atoms with Gasteiger partial charge in [0.05, 0.1) is 23.2 Å². The van der Waals surface area contributed by atoms with E-state index in [0.29, 0.717) is 0 Å². The van der Waals surface area contributed by atoms with Gasteiger partial charge in [-0.15, -0.1) is 0 Å². The van der Waals surface area contributed by atoms with Crippen molar-refractivity contribution < 1.29 is 5.11 Å². The highest BCUT2D eigenvalue weighted by Gasteiger charge is 2.13. The van der Waals surface area contributed by atoms with E-state index < -0.39 is 0 Å². The summed E-state index contributed by atoms with van der Waals surface area (Å²) in [6, 6.07) is 8.34. The summed E-state index contributed by atoms with van der Waals surface area (Å²) in [6.07, 6.45) is 1.38. The highest BCUT2D eigenvalue weighted by atomic mass is 16.3. The Kier molecular flexibility index (Phi) is 4.56. The monoisotopic (exact) mass is 261 g/mol. The number of rotatable bonds is 6. The Morgan fingerprint density at radius 3 is 2.79 bits per heavy atom. The first-order valence-electron chi connectivity index (χ1n) is 6.96. The quantitative estimate of drug-likeness (QED) is 0.839. The van der Waals surface area contributed by atoms with E-state index in [1.807, 2.05) is 32.2 Å². The predicted octanol–water partition coefficient (Wildman–Crippen LogP) is 2.38. The van der Waals surface area contributed by atoms with Gasteiger partial charge in [0, 0.05) is 7.05 Å². The molecule has 0 saturated heterocycles. The molecule has 104 valence electrons. The average Bonchev–Trinajstić information content (AvgIpc) is 2.76. The first-order valence-corrected chi connectivity index (χ1v) is 6.96. The number of aromatic nitrogens is 2. The van der Waals surface area contributed by atoms with Gasteiger partial charge in [0.2, 0.25) is 0 Å². The predicted molar refractivity (Wildman–Crippen MR) is 78.0 cm³/mol. The van der Waals surface area contributed by atoms with Crippen LogP contribution in [0.4, 0.5) is 0 Å². The molecule has 1 aromatic heterocycles. The molecule has 2 aromatic rings. The summed E-state index contributed by atoms with van der Waals surface area (Å²) in [6.45, 7) is 4.92. The number of hydrogen-bond donors (Lipinski definition) is 2. The van der Waals surface area contributed by atoms with Crippen LogP contribution < -0.4 is 5.32 Å². The van der Waals surface area contributed by atoms with Gasteiger partial charge in [0.15, 0.2) is 0 Å². The van der Waals surface area contributed by atoms with E-state index >= 15 is 0 Å². The van der Waals surface area contributed by atoms with E-state index in [4.69, 9.17) is 0 Å². The van der Waals surface area contributed by atoms with Gasteiger partial charge in [-0.25, -0.2) is 4.98 Å². The molecule has 1 aromatic carbocycles. The molecule has 4 heteroatoms. The van der Waals surface area contributed by atoms with Crippen molar-refractivity contribution in [1.29, 1.82) is 0 Å². The molecule has 0 aliphatic carbocycles. The van der Waals surface area contributed by atoms with Crippen LogP contribution in [-0.2, 0) is 7.05 Å². The minimum atomic E-state index is -0.208. The topological polar surface area (TPSA) is 50.1 Å². The van der Waals surface area contributed by atoms with Crippen molar-refractivity contribution in [3.05, 3.63) is 30.1 Å². The van der Waals surface area contributed by atoms with E-state index in [-0.39, 0.29) is 12.1 Å². The smallest absolute Gasteiger partial charge is 0.126 e. The van der Waals surface area contributed by atoms with Gasteiger partial charge in [0.25, 0.3) is 0 Å². The maximum absolute atomic E-state index is 9.55. The van der Waals surface area contributed by atoms with Crippen LogP contribution in [-0.4, -0.2) is 27.3 Å². The second-order valence-electron chi connectivity index (χ2n) is 5.04. The Hall–Kier alpha value is -1.39. The zero-order chi connectivity index (χ0) is 13.8. The van der Waals surface area contributed by atoms with Crippen molar-refractivity contribution in [2.75, 3.05) is 6.54 Å². The minimum absolute atomic E-state index is 0.182. The molecule has 0 aliphatic rings. The van der Waals surface area contributed by atoms with Crippen LogP contribution >= 0.6 is 0 Å². The highest BCUT2D eigenvalue weighted by Crippen LogP contribution is 2.19. The molecule has 0 aliphatic heterocycles. The normalized spacial score (nSPS) is 14.7. The summed E-state index contributed by atoms with van der Waals surface area (Å²) in [5.41, 5.74) is 2.18. The Morgan fingerprint density at radius 1 is 1.37 bits per heavy atom. The second kappa shape index (κ2) is 6.17. The number of aryl methyl sites for hydroxylation is 1. The molecule has 2 rings (SSSR count). The molecule has 0 spiro atoms. The lowest BCUT2D eigenvalue weighted by Crippen LogP contribution is -2.25. The van der Waals surface area contributed by atoms with Crippen molar-refractivity contribution in [1.82, 2.24) is 14.9 Å². The second-order valence-corrected chi connectivity index (χ2v) is 5.04. The van der Waals surface area contributed by atoms with Crippen molar-refractivity contribution in [2.24, 2.45) is 7.05 Å². The lowest BCUT2D eigenvalue weighted by atomic mass is 10.2. The molecule has 2 atom stereocenters. The largest absolute Gasteiger partial charge is 0.393 e. The van der Waals surface area contributed by atoms with Crippen LogP contribution in [0.3, 0.4) is 0 Å². The maximum Gasteiger partial charge on any atom is 0.126 e. The van der Waals surface area contributed by atoms with Crippen molar-refractivity contribution >= 4 is 11.0 Å². The van der Waals surface area contributed by atoms with Gasteiger partial charge in [-0.1, -0.05) is 19.1 Å². The Labute approximate surface area is 114 Å². The molecule has 4 nitrogen and oxygen atoms in total. The molecule has 0 radical (unpaired) electrons. The molecular weight excluding hydrogens is 238 g/mol. The van der Waals surface area contributed by atoms with E-state index in [9.17, 15) is 5.11 Å². The highest BCUT2D eigenvalue weighted by molar-refractivity contribution is 5.75. The Balaban J connectivity index is 2.05. The molecule has 2 N–H and O–H groups in total. The standard InChI is InChI=1S/C15H23N3O/c1-4-12(19)9-10-16-11(2)15-17-13-7-5-6-8-14(13)18(15)3/h5-8,11-12,16,19H,4,9-10H2,1-3H3. The molecule has 19 heavy (non-hydrogen) atoms. The molecule has 0 saturated carbocycles. The number of aliphatic hydroxyl groups excluding tert-OH is 1. The fourth-order valence-corrected chi connectivity index (χ4v) is 2.31. The number of para-hydroxylation sites is 2. The fourth-order valence-electron chi connectivity index (χ4n) is 2.31. The molecule has 2 unspecified atom stereocenters. The van der Waals surface area contributed by atoms with E-state index in [1.165, 1.54) is 0 Å². The summed E-state index contributed by atoms with van der Waals surface area (Å²) in [4.78, 5) is 4.67. The van der Waals surface area contributed by atoms with Crippen LogP contribution in [0.15, 0.2) is 24.3 Å². The third-order valence-electron chi connectivity index (χ3n) is 3.61. The summed E-state index contributed by atoms with van der Waals surface area (Å²) in [5, 5.41) is 13.0. The van der Waals surface area contributed by atoms with Crippen LogP contribution in [0, 0.1) is 0 Å². The van der Waals surface area contributed by atoms with Crippen molar-refractivity contribution in [2.45, 2.75) is 38.8 Å². The lowest BCUT2D eigenvalue weighted by molar-refractivity contribution is 0.158. The SMILES string of the molecule is CCC(O)CCNC(C)c1nc2ccccc2n1C. The van der Waals surface area contributed by atoms with Gasteiger partial charge in [-0.3, -0.25) is 0 Å². The number of hydrogen-bond acceptors (Lipinski definition) is 3. The maximum atomic E-state index is 9.55. The molecular formula is C15H23N3O. The number of aliphatic hydroxyl groups is 1. The first kappa shape index (κ1) is 14.0. The van der Waals surface area contributed by atoms with Crippen LogP contribution in [0.1, 0.15) is 38.6 Å². The number of nitrogens with one attached hydrogen (secondary N) is 1. The third-order valence-corrected chi connectivity index (χ3v) is 3.61. The lowest BCUT2D eigenvalue weighted by Gasteiger charge is -2.15. The first-order chi connectivity index (χ1) is 9.13. The van der Waals surface area contributed by atoms with Crippen molar-refractivity contribution in [3.63, 3.8) is 0 Å². The fraction of sp³-hybridized carbons (Fsp3) is 0.533. The van der Waals surface area contributed by atoms with Gasteiger partial charge in [-0.2, -0.15) is 0 Å². The van der Waals surface area contributed by atoms with Gasteiger partial charge < -0.3 is 15.0 Å². The Morgan fingerprint density at radius 2 is 2.11 bits per heavy atom. The summed E-state index contributed by atoms with van der Waals surface area (Å²) in [5.74, 6) is 1.03. The van der Waals surface area contributed by atoms with E-state index in [0.717, 1.165) is 36.2 Å². The van der Waals surface area contributed by atoms with Gasteiger partial charge >= 0.3 is 0 Å². The molecule has 0 amide bonds. The molecule has 1 heterocycles. The van der Waals surface area contributed by atoms with Crippen LogP contribution in [0.5, 0.6) is 0 Å². The number of imidazole rings is 1. The Bertz CT molecular complexity index is 535. The van der Waals surface area contributed by atoms with Gasteiger partial charge in [0.1, 0.15) is 5.82 Å². The van der Waals surface area contributed by atoms with Crippen LogP contribution in [0.2, 0.25) is 0 Å². The zero-order valence-corrected chi connectivity index (χ0v) is 11.9. The third kappa shape index (κ3) is 3.14. The number of nitrogens with zero attached hydrogens (tertiary/aromatic N) is 2. The molecule has 0 bridgehead atoms. The average molecular weight is 261 g/mol. The van der Waals surface area contributed by atoms with Crippen LogP contribution in [0.25, 0.3) is 11.0 Å². The van der Waals surface area contributed by atoms with Gasteiger partial charge in [-0.05, 0) is 38.4 Å². The number of fused-ring (bicyclic) bond motifs is 1. The van der Waals surface area contributed by atoms with E-state index in [1.54, 1.807) is 0 Å². The summed E-state index contributed by atoms with van der Waals surface area (Å²) >= 11 is 0. The minimum Gasteiger partial charge on any atom is -0.393 e. The summed E-state index contributed by atoms with van der Waals surface area (Å²) in [7, 11) is 2.05. The zero-order valence-electron chi connectivity index (χ0n) is 11.9.